The van der Waals surface area contributed by atoms with Gasteiger partial charge < -0.3 is 10.4 Å². The van der Waals surface area contributed by atoms with Gasteiger partial charge in [-0.1, -0.05) is 13.3 Å². The molecule has 1 amide bonds. The molecule has 2 N–H and O–H groups in total. The van der Waals surface area contributed by atoms with Gasteiger partial charge in [0.25, 0.3) is 0 Å². The van der Waals surface area contributed by atoms with E-state index in [0.29, 0.717) is 18.9 Å². The normalized spacial score (nSPS) is 28.0. The molecule has 5 heteroatoms. The molecule has 0 heterocycles. The average Bonchev–Trinajstić information content (AvgIpc) is 2.73. The Labute approximate surface area is 107 Å². The minimum absolute atomic E-state index is 0.0811. The quantitative estimate of drug-likeness (QED) is 0.711. The van der Waals surface area contributed by atoms with Crippen molar-refractivity contribution in [1.29, 1.82) is 0 Å². The molecule has 1 saturated carbocycles. The third-order valence-electron chi connectivity index (χ3n) is 3.50. The molecule has 0 saturated heterocycles. The first-order valence-electron chi connectivity index (χ1n) is 6.09. The third-order valence-corrected chi connectivity index (χ3v) is 4.11. The van der Waals surface area contributed by atoms with Crippen LogP contribution >= 0.6 is 11.8 Å². The first-order chi connectivity index (χ1) is 8.10. The molecule has 1 aliphatic carbocycles. The average molecular weight is 259 g/mol. The summed E-state index contributed by atoms with van der Waals surface area (Å²) >= 11 is 1.67. The topological polar surface area (TPSA) is 66.4 Å². The monoisotopic (exact) mass is 259 g/mol. The van der Waals surface area contributed by atoms with Gasteiger partial charge in [-0.05, 0) is 25.0 Å². The Morgan fingerprint density at radius 1 is 1.35 bits per heavy atom. The summed E-state index contributed by atoms with van der Waals surface area (Å²) in [6.07, 6.45) is 4.30. The maximum absolute atomic E-state index is 11.9. The Hall–Kier alpha value is -0.710. The van der Waals surface area contributed by atoms with E-state index in [4.69, 9.17) is 5.11 Å². The van der Waals surface area contributed by atoms with E-state index in [9.17, 15) is 9.59 Å². The number of rotatable bonds is 6. The minimum Gasteiger partial charge on any atom is -0.481 e. The van der Waals surface area contributed by atoms with Crippen molar-refractivity contribution >= 4 is 23.6 Å². The van der Waals surface area contributed by atoms with Crippen LogP contribution < -0.4 is 5.32 Å². The van der Waals surface area contributed by atoms with Crippen LogP contribution in [0.1, 0.15) is 26.2 Å². The Kier molecular flexibility index (Phi) is 5.82. The summed E-state index contributed by atoms with van der Waals surface area (Å²) in [6.45, 7) is 2.68. The van der Waals surface area contributed by atoms with Gasteiger partial charge in [-0.2, -0.15) is 11.8 Å². The summed E-state index contributed by atoms with van der Waals surface area (Å²) in [5.41, 5.74) is 0. The van der Waals surface area contributed by atoms with Crippen LogP contribution in [0.3, 0.4) is 0 Å². The number of carbonyl (C=O) groups is 2. The first kappa shape index (κ1) is 14.4. The lowest BCUT2D eigenvalue weighted by molar-refractivity contribution is -0.146. The summed E-state index contributed by atoms with van der Waals surface area (Å²) < 4.78 is 0. The maximum atomic E-state index is 11.9. The van der Waals surface area contributed by atoms with Crippen molar-refractivity contribution in [3.8, 4) is 0 Å². The van der Waals surface area contributed by atoms with E-state index in [1.165, 1.54) is 0 Å². The second-order valence-electron chi connectivity index (χ2n) is 4.58. The van der Waals surface area contributed by atoms with E-state index in [1.807, 2.05) is 6.26 Å². The lowest BCUT2D eigenvalue weighted by Crippen LogP contribution is -2.36. The van der Waals surface area contributed by atoms with Gasteiger partial charge in [0, 0.05) is 12.3 Å². The molecule has 17 heavy (non-hydrogen) atoms. The van der Waals surface area contributed by atoms with Gasteiger partial charge in [0.15, 0.2) is 0 Å². The number of hydrogen-bond acceptors (Lipinski definition) is 3. The number of amides is 1. The number of aliphatic carboxylic acids is 1. The zero-order valence-electron chi connectivity index (χ0n) is 10.4. The van der Waals surface area contributed by atoms with Crippen molar-refractivity contribution in [1.82, 2.24) is 5.32 Å². The molecule has 0 radical (unpaired) electrons. The Bertz CT molecular complexity index is 283. The van der Waals surface area contributed by atoms with Crippen LogP contribution in [0, 0.1) is 17.8 Å². The molecular weight excluding hydrogens is 238 g/mol. The van der Waals surface area contributed by atoms with E-state index in [2.05, 4.69) is 12.2 Å². The predicted molar refractivity (Wildman–Crippen MR) is 69.0 cm³/mol. The lowest BCUT2D eigenvalue weighted by atomic mass is 9.95. The molecule has 1 fully saturated rings. The largest absolute Gasteiger partial charge is 0.481 e. The minimum atomic E-state index is -0.828. The first-order valence-corrected chi connectivity index (χ1v) is 7.49. The van der Waals surface area contributed by atoms with Gasteiger partial charge in [-0.25, -0.2) is 0 Å². The number of thioether (sulfide) groups is 1. The molecule has 0 aliphatic heterocycles. The van der Waals surface area contributed by atoms with Crippen molar-refractivity contribution in [3.63, 3.8) is 0 Å². The van der Waals surface area contributed by atoms with Gasteiger partial charge in [-0.3, -0.25) is 9.59 Å². The molecule has 0 bridgehead atoms. The highest BCUT2D eigenvalue weighted by atomic mass is 32.2. The van der Waals surface area contributed by atoms with Crippen LogP contribution in [0.25, 0.3) is 0 Å². The van der Waals surface area contributed by atoms with Gasteiger partial charge >= 0.3 is 5.97 Å². The zero-order valence-corrected chi connectivity index (χ0v) is 11.3. The van der Waals surface area contributed by atoms with Gasteiger partial charge in [0.05, 0.1) is 11.8 Å². The van der Waals surface area contributed by atoms with Crippen LogP contribution in [0.4, 0.5) is 0 Å². The van der Waals surface area contributed by atoms with Gasteiger partial charge in [0.1, 0.15) is 0 Å². The van der Waals surface area contributed by atoms with Crippen LogP contribution in [0.15, 0.2) is 0 Å². The van der Waals surface area contributed by atoms with E-state index in [-0.39, 0.29) is 11.8 Å². The second kappa shape index (κ2) is 6.89. The summed E-state index contributed by atoms with van der Waals surface area (Å²) in [7, 11) is 0. The summed E-state index contributed by atoms with van der Waals surface area (Å²) in [5.74, 6) is -0.484. The highest BCUT2D eigenvalue weighted by Crippen LogP contribution is 2.38. The molecule has 0 spiro atoms. The SMILES string of the molecule is CCC1C[C@H](C(=O)NCCSC)[C@H](C(=O)O)C1. The zero-order chi connectivity index (χ0) is 12.8. The molecule has 1 rings (SSSR count). The molecule has 1 unspecified atom stereocenters. The smallest absolute Gasteiger partial charge is 0.307 e. The standard InChI is InChI=1S/C12H21NO3S/c1-3-8-6-9(10(7-8)12(15)16)11(14)13-4-5-17-2/h8-10H,3-7H2,1-2H3,(H,13,14)(H,15,16)/t8?,9-,10+/m0/s1. The highest BCUT2D eigenvalue weighted by Gasteiger charge is 2.41. The van der Waals surface area contributed by atoms with Gasteiger partial charge in [0.2, 0.25) is 5.91 Å². The number of hydrogen-bond donors (Lipinski definition) is 2. The molecule has 4 nitrogen and oxygen atoms in total. The van der Waals surface area contributed by atoms with E-state index in [1.54, 1.807) is 11.8 Å². The molecule has 98 valence electrons. The molecule has 3 atom stereocenters. The van der Waals surface area contributed by atoms with E-state index >= 15 is 0 Å². The molecule has 0 aromatic carbocycles. The van der Waals surface area contributed by atoms with Crippen molar-refractivity contribution in [3.05, 3.63) is 0 Å². The second-order valence-corrected chi connectivity index (χ2v) is 5.57. The van der Waals surface area contributed by atoms with Crippen molar-refractivity contribution < 1.29 is 14.7 Å². The highest BCUT2D eigenvalue weighted by molar-refractivity contribution is 7.98. The van der Waals surface area contributed by atoms with Crippen LogP contribution in [-0.2, 0) is 9.59 Å². The lowest BCUT2D eigenvalue weighted by Gasteiger charge is -2.15. The van der Waals surface area contributed by atoms with Crippen molar-refractivity contribution in [2.45, 2.75) is 26.2 Å². The number of carboxylic acids is 1. The van der Waals surface area contributed by atoms with Crippen LogP contribution in [0.2, 0.25) is 0 Å². The fourth-order valence-corrected chi connectivity index (χ4v) is 2.75. The number of nitrogens with one attached hydrogen (secondary N) is 1. The molecular formula is C12H21NO3S. The summed E-state index contributed by atoms with van der Waals surface area (Å²) in [4.78, 5) is 23.0. The third kappa shape index (κ3) is 3.91. The predicted octanol–water partition coefficient (Wildman–Crippen LogP) is 1.60. The van der Waals surface area contributed by atoms with Gasteiger partial charge in [-0.15, -0.1) is 0 Å². The Morgan fingerprint density at radius 2 is 2.00 bits per heavy atom. The van der Waals surface area contributed by atoms with E-state index < -0.39 is 11.9 Å². The van der Waals surface area contributed by atoms with Crippen molar-refractivity contribution in [2.24, 2.45) is 17.8 Å². The van der Waals surface area contributed by atoms with Crippen molar-refractivity contribution in [2.75, 3.05) is 18.6 Å². The summed E-state index contributed by atoms with van der Waals surface area (Å²) in [6, 6.07) is 0. The maximum Gasteiger partial charge on any atom is 0.307 e. The summed E-state index contributed by atoms with van der Waals surface area (Å²) in [5, 5.41) is 12.0. The molecule has 0 aromatic rings. The Morgan fingerprint density at radius 3 is 2.53 bits per heavy atom. The fraction of sp³-hybridized carbons (Fsp3) is 0.833. The fourth-order valence-electron chi connectivity index (χ4n) is 2.45. The molecule has 1 aliphatic rings. The number of carboxylic acid groups (broad SMARTS) is 1. The number of carbonyl (C=O) groups excluding carboxylic acids is 1. The van der Waals surface area contributed by atoms with E-state index in [0.717, 1.165) is 18.6 Å². The van der Waals surface area contributed by atoms with Crippen LogP contribution in [-0.4, -0.2) is 35.5 Å². The molecule has 0 aromatic heterocycles. The Balaban J connectivity index is 2.54. The van der Waals surface area contributed by atoms with Crippen LogP contribution in [0.5, 0.6) is 0 Å².